The van der Waals surface area contributed by atoms with E-state index < -0.39 is 0 Å². The summed E-state index contributed by atoms with van der Waals surface area (Å²) in [5.41, 5.74) is 0. The van der Waals surface area contributed by atoms with E-state index in [1.807, 2.05) is 4.90 Å². The lowest BCUT2D eigenvalue weighted by Gasteiger charge is -2.10. The second kappa shape index (κ2) is 1.62. The van der Waals surface area contributed by atoms with Gasteiger partial charge in [-0.25, -0.2) is 4.79 Å². The molecule has 9 heavy (non-hydrogen) atoms. The Kier molecular flexibility index (Phi) is 0.917. The summed E-state index contributed by atoms with van der Waals surface area (Å²) >= 11 is 0. The first kappa shape index (κ1) is 5.09. The molecule has 1 aliphatic carbocycles. The highest BCUT2D eigenvalue weighted by Gasteiger charge is 2.34. The minimum atomic E-state index is 0.137. The van der Waals surface area contributed by atoms with E-state index in [0.29, 0.717) is 6.04 Å². The third-order valence-corrected chi connectivity index (χ3v) is 1.88. The molecule has 3 nitrogen and oxygen atoms in total. The lowest BCUT2D eigenvalue weighted by Crippen LogP contribution is -2.29. The minimum absolute atomic E-state index is 0.137. The van der Waals surface area contributed by atoms with Crippen LogP contribution in [0.2, 0.25) is 0 Å². The number of hydrogen-bond acceptors (Lipinski definition) is 1. The molecule has 50 valence electrons. The van der Waals surface area contributed by atoms with Crippen LogP contribution in [0.15, 0.2) is 0 Å². The topological polar surface area (TPSA) is 32.3 Å². The predicted molar refractivity (Wildman–Crippen MR) is 33.1 cm³/mol. The largest absolute Gasteiger partial charge is 0.336 e. The van der Waals surface area contributed by atoms with Gasteiger partial charge in [-0.1, -0.05) is 0 Å². The molecule has 1 saturated heterocycles. The van der Waals surface area contributed by atoms with Crippen molar-refractivity contribution >= 4 is 6.03 Å². The van der Waals surface area contributed by atoms with Gasteiger partial charge in [0.05, 0.1) is 0 Å². The van der Waals surface area contributed by atoms with Crippen LogP contribution >= 0.6 is 0 Å². The average molecular weight is 126 g/mol. The molecular weight excluding hydrogens is 116 g/mol. The number of nitrogens with zero attached hydrogens (tertiary/aromatic N) is 1. The van der Waals surface area contributed by atoms with E-state index in [1.54, 1.807) is 0 Å². The van der Waals surface area contributed by atoms with E-state index in [1.165, 1.54) is 12.8 Å². The summed E-state index contributed by atoms with van der Waals surface area (Å²) in [7, 11) is 0. The summed E-state index contributed by atoms with van der Waals surface area (Å²) < 4.78 is 0. The van der Waals surface area contributed by atoms with Crippen molar-refractivity contribution in [3.05, 3.63) is 0 Å². The standard InChI is InChI=1S/C6H10N2O/c9-6-7-3-4-8(6)5-1-2-5/h5H,1-4H2,(H,7,9). The number of urea groups is 1. The number of carbonyl (C=O) groups excluding carboxylic acids is 1. The van der Waals surface area contributed by atoms with Crippen LogP contribution in [0.1, 0.15) is 12.8 Å². The zero-order valence-electron chi connectivity index (χ0n) is 5.26. The smallest absolute Gasteiger partial charge is 0.317 e. The molecule has 0 aromatic carbocycles. The van der Waals surface area contributed by atoms with Crippen molar-refractivity contribution < 1.29 is 4.79 Å². The van der Waals surface area contributed by atoms with Crippen LogP contribution in [-0.4, -0.2) is 30.1 Å². The van der Waals surface area contributed by atoms with Gasteiger partial charge in [-0.05, 0) is 12.8 Å². The fraction of sp³-hybridized carbons (Fsp3) is 0.833. The molecule has 0 unspecified atom stereocenters. The molecule has 1 aliphatic heterocycles. The van der Waals surface area contributed by atoms with Crippen LogP contribution in [0.3, 0.4) is 0 Å². The van der Waals surface area contributed by atoms with Gasteiger partial charge in [-0.2, -0.15) is 0 Å². The molecule has 0 spiro atoms. The number of hydrogen-bond donors (Lipinski definition) is 1. The Bertz CT molecular complexity index is 142. The summed E-state index contributed by atoms with van der Waals surface area (Å²) in [6, 6.07) is 0.727. The molecule has 1 heterocycles. The Morgan fingerprint density at radius 3 is 2.78 bits per heavy atom. The van der Waals surface area contributed by atoms with E-state index in [2.05, 4.69) is 5.32 Å². The first-order valence-electron chi connectivity index (χ1n) is 3.42. The highest BCUT2D eigenvalue weighted by Crippen LogP contribution is 2.27. The first-order chi connectivity index (χ1) is 4.38. The molecular formula is C6H10N2O. The van der Waals surface area contributed by atoms with Gasteiger partial charge in [-0.15, -0.1) is 0 Å². The normalized spacial score (nSPS) is 26.7. The molecule has 3 heteroatoms. The summed E-state index contributed by atoms with van der Waals surface area (Å²) in [4.78, 5) is 12.8. The second-order valence-electron chi connectivity index (χ2n) is 2.66. The van der Waals surface area contributed by atoms with Crippen LogP contribution in [0.5, 0.6) is 0 Å². The third kappa shape index (κ3) is 0.763. The number of nitrogens with one attached hydrogen (secondary N) is 1. The van der Waals surface area contributed by atoms with E-state index in [-0.39, 0.29) is 6.03 Å². The van der Waals surface area contributed by atoms with Crippen LogP contribution in [-0.2, 0) is 0 Å². The lowest BCUT2D eigenvalue weighted by atomic mass is 10.5. The van der Waals surface area contributed by atoms with Crippen molar-refractivity contribution in [2.45, 2.75) is 18.9 Å². The monoisotopic (exact) mass is 126 g/mol. The Morgan fingerprint density at radius 2 is 2.33 bits per heavy atom. The van der Waals surface area contributed by atoms with Crippen molar-refractivity contribution in [3.8, 4) is 0 Å². The van der Waals surface area contributed by atoms with Crippen molar-refractivity contribution in [1.82, 2.24) is 10.2 Å². The molecule has 0 aromatic heterocycles. The lowest BCUT2D eigenvalue weighted by molar-refractivity contribution is 0.215. The van der Waals surface area contributed by atoms with Gasteiger partial charge in [0.15, 0.2) is 0 Å². The van der Waals surface area contributed by atoms with Gasteiger partial charge in [0, 0.05) is 19.1 Å². The first-order valence-corrected chi connectivity index (χ1v) is 3.42. The highest BCUT2D eigenvalue weighted by molar-refractivity contribution is 5.76. The van der Waals surface area contributed by atoms with E-state index in [4.69, 9.17) is 0 Å². The van der Waals surface area contributed by atoms with Crippen LogP contribution in [0.4, 0.5) is 4.79 Å². The van der Waals surface area contributed by atoms with Gasteiger partial charge in [0.1, 0.15) is 0 Å². The number of amides is 2. The summed E-state index contributed by atoms with van der Waals surface area (Å²) in [6.45, 7) is 1.76. The van der Waals surface area contributed by atoms with Gasteiger partial charge in [0.2, 0.25) is 0 Å². The quantitative estimate of drug-likeness (QED) is 0.534. The predicted octanol–water partition coefficient (Wildman–Crippen LogP) is 0.174. The molecule has 2 rings (SSSR count). The molecule has 2 aliphatic rings. The second-order valence-corrected chi connectivity index (χ2v) is 2.66. The molecule has 0 radical (unpaired) electrons. The SMILES string of the molecule is O=C1NCCN1C1CC1. The number of rotatable bonds is 1. The average Bonchev–Trinajstić information content (AvgIpc) is 2.58. The maximum atomic E-state index is 10.9. The fourth-order valence-electron chi connectivity index (χ4n) is 1.22. The van der Waals surface area contributed by atoms with Crippen LogP contribution in [0, 0.1) is 0 Å². The van der Waals surface area contributed by atoms with Gasteiger partial charge in [-0.3, -0.25) is 0 Å². The van der Waals surface area contributed by atoms with E-state index >= 15 is 0 Å². The molecule has 2 fully saturated rings. The Hall–Kier alpha value is -0.730. The molecule has 0 atom stereocenters. The molecule has 0 bridgehead atoms. The molecule has 0 aromatic rings. The van der Waals surface area contributed by atoms with E-state index in [9.17, 15) is 4.79 Å². The van der Waals surface area contributed by atoms with Crippen molar-refractivity contribution in [2.24, 2.45) is 0 Å². The fourth-order valence-corrected chi connectivity index (χ4v) is 1.22. The maximum Gasteiger partial charge on any atom is 0.317 e. The molecule has 1 N–H and O–H groups in total. The van der Waals surface area contributed by atoms with Crippen molar-refractivity contribution in [2.75, 3.05) is 13.1 Å². The summed E-state index contributed by atoms with van der Waals surface area (Å²) in [5.74, 6) is 0. The van der Waals surface area contributed by atoms with Crippen LogP contribution < -0.4 is 5.32 Å². The molecule has 2 amide bonds. The van der Waals surface area contributed by atoms with Gasteiger partial charge in [0.25, 0.3) is 0 Å². The van der Waals surface area contributed by atoms with Crippen molar-refractivity contribution in [1.29, 1.82) is 0 Å². The van der Waals surface area contributed by atoms with Crippen molar-refractivity contribution in [3.63, 3.8) is 0 Å². The molecule has 1 saturated carbocycles. The van der Waals surface area contributed by atoms with Crippen LogP contribution in [0.25, 0.3) is 0 Å². The summed E-state index contributed by atoms with van der Waals surface area (Å²) in [6.07, 6.45) is 2.43. The number of carbonyl (C=O) groups is 1. The summed E-state index contributed by atoms with van der Waals surface area (Å²) in [5, 5.41) is 2.78. The third-order valence-electron chi connectivity index (χ3n) is 1.88. The zero-order chi connectivity index (χ0) is 6.27. The van der Waals surface area contributed by atoms with E-state index in [0.717, 1.165) is 13.1 Å². The minimum Gasteiger partial charge on any atom is -0.336 e. The Morgan fingerprint density at radius 1 is 1.56 bits per heavy atom. The highest BCUT2D eigenvalue weighted by atomic mass is 16.2. The Balaban J connectivity index is 2.01. The van der Waals surface area contributed by atoms with Gasteiger partial charge < -0.3 is 10.2 Å². The maximum absolute atomic E-state index is 10.9. The zero-order valence-corrected chi connectivity index (χ0v) is 5.26. The van der Waals surface area contributed by atoms with Gasteiger partial charge >= 0.3 is 6.03 Å². The Labute approximate surface area is 54.0 Å².